The van der Waals surface area contributed by atoms with Crippen LogP contribution in [0.5, 0.6) is 0 Å². The second-order valence-corrected chi connectivity index (χ2v) is 11.6. The molecule has 1 aromatic heterocycles. The maximum absolute atomic E-state index is 6.73. The molecule has 0 atom stereocenters. The first-order valence-corrected chi connectivity index (χ1v) is 14.5. The first-order chi connectivity index (χ1) is 18.6. The number of halogens is 2. The first-order valence-electron chi connectivity index (χ1n) is 13.3. The van der Waals surface area contributed by atoms with Crippen LogP contribution in [0.1, 0.15) is 35.3 Å². The van der Waals surface area contributed by atoms with E-state index in [-0.39, 0.29) is 0 Å². The topological polar surface area (TPSA) is 31.7 Å². The predicted molar refractivity (Wildman–Crippen MR) is 160 cm³/mol. The highest BCUT2D eigenvalue weighted by Crippen LogP contribution is 2.48. The molecule has 6 heteroatoms. The van der Waals surface area contributed by atoms with E-state index in [1.807, 2.05) is 24.3 Å². The second-order valence-electron chi connectivity index (χ2n) is 10.3. The minimum Gasteiger partial charge on any atom is -0.454 e. The monoisotopic (exact) mass is 585 g/mol. The summed E-state index contributed by atoms with van der Waals surface area (Å²) in [7, 11) is 0. The number of nitrogens with one attached hydrogen (secondary N) is 1. The van der Waals surface area contributed by atoms with Crippen molar-refractivity contribution in [3.63, 3.8) is 0 Å². The average Bonchev–Trinajstić information content (AvgIpc) is 3.72. The fourth-order valence-electron chi connectivity index (χ4n) is 5.67. The SMILES string of the molecule is Clc1ccc(-c2cc3c(o2)C(=C2CC2)N(Cc2ccccc2Br)c2ccc(N4CCNCC4)cc2C3)cc1. The third-order valence-electron chi connectivity index (χ3n) is 7.76. The van der Waals surface area contributed by atoms with Gasteiger partial charge in [-0.1, -0.05) is 45.7 Å². The van der Waals surface area contributed by atoms with Crippen molar-refractivity contribution >= 4 is 44.6 Å². The Morgan fingerprint density at radius 3 is 2.45 bits per heavy atom. The van der Waals surface area contributed by atoms with Gasteiger partial charge in [-0.25, -0.2) is 0 Å². The molecule has 4 aromatic rings. The summed E-state index contributed by atoms with van der Waals surface area (Å²) in [5, 5.41) is 4.21. The Morgan fingerprint density at radius 1 is 0.895 bits per heavy atom. The molecule has 192 valence electrons. The van der Waals surface area contributed by atoms with Gasteiger partial charge in [-0.15, -0.1) is 0 Å². The summed E-state index contributed by atoms with van der Waals surface area (Å²) in [4.78, 5) is 5.00. The van der Waals surface area contributed by atoms with Crippen LogP contribution in [0.4, 0.5) is 11.4 Å². The van der Waals surface area contributed by atoms with E-state index in [1.165, 1.54) is 39.3 Å². The molecule has 3 aliphatic rings. The number of rotatable bonds is 4. The molecule has 0 unspecified atom stereocenters. The summed E-state index contributed by atoms with van der Waals surface area (Å²) >= 11 is 9.98. The van der Waals surface area contributed by atoms with Gasteiger partial charge in [0.05, 0.1) is 5.70 Å². The largest absolute Gasteiger partial charge is 0.454 e. The van der Waals surface area contributed by atoms with Crippen LogP contribution in [-0.2, 0) is 13.0 Å². The van der Waals surface area contributed by atoms with Crippen molar-refractivity contribution < 1.29 is 4.42 Å². The van der Waals surface area contributed by atoms with Crippen molar-refractivity contribution in [1.29, 1.82) is 0 Å². The van der Waals surface area contributed by atoms with Gasteiger partial charge < -0.3 is 19.5 Å². The van der Waals surface area contributed by atoms with E-state index in [2.05, 4.69) is 79.6 Å². The Labute approximate surface area is 237 Å². The molecule has 1 saturated carbocycles. The normalized spacial score (nSPS) is 16.8. The third kappa shape index (κ3) is 4.57. The Balaban J connectivity index is 1.38. The second kappa shape index (κ2) is 9.96. The van der Waals surface area contributed by atoms with Crippen molar-refractivity contribution in [1.82, 2.24) is 5.32 Å². The third-order valence-corrected chi connectivity index (χ3v) is 8.79. The van der Waals surface area contributed by atoms with Crippen molar-refractivity contribution in [3.05, 3.63) is 110 Å². The van der Waals surface area contributed by atoms with Crippen LogP contribution in [0.3, 0.4) is 0 Å². The molecule has 0 bridgehead atoms. The number of anilines is 2. The zero-order valence-corrected chi connectivity index (χ0v) is 23.5. The predicted octanol–water partition coefficient (Wildman–Crippen LogP) is 7.89. The molecule has 0 spiro atoms. The van der Waals surface area contributed by atoms with E-state index in [1.54, 1.807) is 0 Å². The van der Waals surface area contributed by atoms with E-state index < -0.39 is 0 Å². The van der Waals surface area contributed by atoms with E-state index in [4.69, 9.17) is 16.0 Å². The summed E-state index contributed by atoms with van der Waals surface area (Å²) in [6.07, 6.45) is 3.07. The number of hydrogen-bond donors (Lipinski definition) is 1. The summed E-state index contributed by atoms with van der Waals surface area (Å²) in [5.41, 5.74) is 10.2. The number of fused-ring (bicyclic) bond motifs is 2. The fraction of sp³-hybridized carbons (Fsp3) is 0.250. The first kappa shape index (κ1) is 24.1. The highest BCUT2D eigenvalue weighted by Gasteiger charge is 2.34. The van der Waals surface area contributed by atoms with E-state index in [0.717, 1.165) is 78.6 Å². The van der Waals surface area contributed by atoms with Crippen LogP contribution >= 0.6 is 27.5 Å². The molecule has 0 amide bonds. The average molecular weight is 587 g/mol. The van der Waals surface area contributed by atoms with Crippen LogP contribution in [0, 0.1) is 0 Å². The fourth-order valence-corrected chi connectivity index (χ4v) is 6.21. The number of hydrogen-bond acceptors (Lipinski definition) is 4. The van der Waals surface area contributed by atoms with Gasteiger partial charge in [0.25, 0.3) is 0 Å². The van der Waals surface area contributed by atoms with Gasteiger partial charge in [0, 0.05) is 71.1 Å². The molecule has 1 saturated heterocycles. The van der Waals surface area contributed by atoms with E-state index in [9.17, 15) is 0 Å². The molecule has 2 aliphatic heterocycles. The maximum atomic E-state index is 6.73. The lowest BCUT2D eigenvalue weighted by Crippen LogP contribution is -2.43. The van der Waals surface area contributed by atoms with Crippen LogP contribution in [0.25, 0.3) is 17.0 Å². The minimum absolute atomic E-state index is 0.733. The molecule has 0 radical (unpaired) electrons. The lowest BCUT2D eigenvalue weighted by Gasteiger charge is -2.32. The van der Waals surface area contributed by atoms with Crippen LogP contribution in [-0.4, -0.2) is 26.2 Å². The lowest BCUT2D eigenvalue weighted by atomic mass is 10.0. The standard InChI is InChI=1S/C32H29BrClN3O/c33-28-4-2-1-3-23(28)20-37-29-12-11-27(36-15-13-35-14-16-36)18-24(29)17-25-19-30(21-7-9-26(34)10-8-21)38-32(25)31(37)22-5-6-22/h1-4,7-12,18-19,35H,5-6,13-17,20H2. The van der Waals surface area contributed by atoms with Crippen molar-refractivity contribution in [3.8, 4) is 11.3 Å². The molecular formula is C32H29BrClN3O. The van der Waals surface area contributed by atoms with Crippen LogP contribution in [0.2, 0.25) is 5.02 Å². The molecule has 38 heavy (non-hydrogen) atoms. The molecule has 1 N–H and O–H groups in total. The highest BCUT2D eigenvalue weighted by molar-refractivity contribution is 9.10. The van der Waals surface area contributed by atoms with Gasteiger partial charge in [0.15, 0.2) is 5.76 Å². The summed E-state index contributed by atoms with van der Waals surface area (Å²) in [5.74, 6) is 1.90. The number of furan rings is 1. The number of benzene rings is 3. The summed E-state index contributed by atoms with van der Waals surface area (Å²) in [6.45, 7) is 4.89. The molecule has 2 fully saturated rings. The molecule has 3 aromatic carbocycles. The van der Waals surface area contributed by atoms with Crippen LogP contribution in [0.15, 0.2) is 87.3 Å². The highest BCUT2D eigenvalue weighted by atomic mass is 79.9. The Bertz CT molecular complexity index is 1530. The molecule has 1 aliphatic carbocycles. The number of nitrogens with zero attached hydrogens (tertiary/aromatic N) is 2. The van der Waals surface area contributed by atoms with Gasteiger partial charge in [0.2, 0.25) is 0 Å². The number of allylic oxidation sites excluding steroid dienone is 1. The van der Waals surface area contributed by atoms with Gasteiger partial charge in [-0.05, 0) is 84.1 Å². The van der Waals surface area contributed by atoms with Crippen LogP contribution < -0.4 is 15.1 Å². The Morgan fingerprint density at radius 2 is 1.68 bits per heavy atom. The molecule has 3 heterocycles. The lowest BCUT2D eigenvalue weighted by molar-refractivity contribution is 0.561. The minimum atomic E-state index is 0.733. The summed E-state index contributed by atoms with van der Waals surface area (Å²) in [6, 6.07) is 25.8. The number of piperazine rings is 1. The molecule has 4 nitrogen and oxygen atoms in total. The van der Waals surface area contributed by atoms with Crippen molar-refractivity contribution in [2.45, 2.75) is 25.8 Å². The zero-order chi connectivity index (χ0) is 25.6. The van der Waals surface area contributed by atoms with Gasteiger partial charge in [-0.2, -0.15) is 0 Å². The zero-order valence-electron chi connectivity index (χ0n) is 21.1. The maximum Gasteiger partial charge on any atom is 0.154 e. The van der Waals surface area contributed by atoms with Gasteiger partial charge >= 0.3 is 0 Å². The van der Waals surface area contributed by atoms with E-state index >= 15 is 0 Å². The Hall–Kier alpha value is -2.99. The summed E-state index contributed by atoms with van der Waals surface area (Å²) < 4.78 is 7.86. The molecular weight excluding hydrogens is 558 g/mol. The van der Waals surface area contributed by atoms with E-state index in [0.29, 0.717) is 0 Å². The molecule has 7 rings (SSSR count). The van der Waals surface area contributed by atoms with Gasteiger partial charge in [-0.3, -0.25) is 0 Å². The van der Waals surface area contributed by atoms with Crippen molar-refractivity contribution in [2.24, 2.45) is 0 Å². The smallest absolute Gasteiger partial charge is 0.154 e. The Kier molecular flexibility index (Phi) is 6.31. The quantitative estimate of drug-likeness (QED) is 0.264. The van der Waals surface area contributed by atoms with Gasteiger partial charge in [0.1, 0.15) is 5.76 Å². The van der Waals surface area contributed by atoms with Crippen molar-refractivity contribution in [2.75, 3.05) is 36.0 Å².